The predicted molar refractivity (Wildman–Crippen MR) is 107 cm³/mol. The number of rotatable bonds is 9. The van der Waals surface area contributed by atoms with Gasteiger partial charge in [0.05, 0.1) is 16.7 Å². The monoisotopic (exact) mass is 373 g/mol. The van der Waals surface area contributed by atoms with Gasteiger partial charge in [-0.1, -0.05) is 37.7 Å². The zero-order valence-corrected chi connectivity index (χ0v) is 16.4. The predicted octanol–water partition coefficient (Wildman–Crippen LogP) is 3.55. The van der Waals surface area contributed by atoms with E-state index >= 15 is 0 Å². The molecule has 0 unspecified atom stereocenters. The van der Waals surface area contributed by atoms with Crippen molar-refractivity contribution in [3.8, 4) is 0 Å². The number of hydrogen-bond acceptors (Lipinski definition) is 4. The summed E-state index contributed by atoms with van der Waals surface area (Å²) in [6.07, 6.45) is 4.30. The van der Waals surface area contributed by atoms with E-state index < -0.39 is 0 Å². The molecular formula is C20H27N3O2S. The quantitative estimate of drug-likeness (QED) is 0.498. The summed E-state index contributed by atoms with van der Waals surface area (Å²) in [6, 6.07) is 7.42. The Bertz CT molecular complexity index is 829. The van der Waals surface area contributed by atoms with Gasteiger partial charge in [-0.15, -0.1) is 0 Å². The van der Waals surface area contributed by atoms with Crippen LogP contribution in [0.5, 0.6) is 0 Å². The molecule has 1 amide bonds. The van der Waals surface area contributed by atoms with Crippen LogP contribution in [0.15, 0.2) is 34.2 Å². The Morgan fingerprint density at radius 1 is 1.27 bits per heavy atom. The Labute approximate surface area is 158 Å². The van der Waals surface area contributed by atoms with Crippen molar-refractivity contribution in [3.63, 3.8) is 0 Å². The second kappa shape index (κ2) is 8.71. The Kier molecular flexibility index (Phi) is 6.35. The Morgan fingerprint density at radius 3 is 2.73 bits per heavy atom. The SMILES string of the molecule is CCCN(CC1CC1)C(=O)CSc1nc2ccccc2c(=O)n1CCC. The third-order valence-corrected chi connectivity index (χ3v) is 5.58. The first-order valence-electron chi connectivity index (χ1n) is 9.54. The lowest BCUT2D eigenvalue weighted by atomic mass is 10.2. The van der Waals surface area contributed by atoms with Gasteiger partial charge >= 0.3 is 0 Å². The van der Waals surface area contributed by atoms with Gasteiger partial charge < -0.3 is 4.90 Å². The number of thioether (sulfide) groups is 1. The lowest BCUT2D eigenvalue weighted by Crippen LogP contribution is -2.35. The second-order valence-corrected chi connectivity index (χ2v) is 7.88. The number of benzene rings is 1. The van der Waals surface area contributed by atoms with E-state index in [9.17, 15) is 9.59 Å². The van der Waals surface area contributed by atoms with Gasteiger partial charge in [-0.05, 0) is 43.7 Å². The maximum absolute atomic E-state index is 12.8. The van der Waals surface area contributed by atoms with E-state index in [1.54, 1.807) is 4.57 Å². The fraction of sp³-hybridized carbons (Fsp3) is 0.550. The highest BCUT2D eigenvalue weighted by atomic mass is 32.2. The van der Waals surface area contributed by atoms with Gasteiger partial charge in [0.2, 0.25) is 5.91 Å². The number of aromatic nitrogens is 2. The summed E-state index contributed by atoms with van der Waals surface area (Å²) in [5, 5.41) is 1.28. The number of amides is 1. The zero-order chi connectivity index (χ0) is 18.5. The minimum absolute atomic E-state index is 0.0178. The van der Waals surface area contributed by atoms with Gasteiger partial charge in [0.1, 0.15) is 0 Å². The van der Waals surface area contributed by atoms with Gasteiger partial charge in [0.15, 0.2) is 5.16 Å². The molecular weight excluding hydrogens is 346 g/mol. The van der Waals surface area contributed by atoms with Crippen molar-refractivity contribution in [1.82, 2.24) is 14.5 Å². The average Bonchev–Trinajstić information content (AvgIpc) is 3.46. The largest absolute Gasteiger partial charge is 0.342 e. The summed E-state index contributed by atoms with van der Waals surface area (Å²) in [5.41, 5.74) is 0.680. The van der Waals surface area contributed by atoms with Gasteiger partial charge in [0.25, 0.3) is 5.56 Å². The van der Waals surface area contributed by atoms with E-state index in [0.29, 0.717) is 34.3 Å². The molecule has 1 saturated carbocycles. The van der Waals surface area contributed by atoms with Crippen LogP contribution in [0.1, 0.15) is 39.5 Å². The highest BCUT2D eigenvalue weighted by molar-refractivity contribution is 7.99. The molecule has 0 bridgehead atoms. The van der Waals surface area contributed by atoms with Crippen LogP contribution in [-0.4, -0.2) is 39.2 Å². The molecule has 26 heavy (non-hydrogen) atoms. The first-order chi connectivity index (χ1) is 12.6. The standard InChI is InChI=1S/C20H27N3O2S/c1-3-11-22(13-15-9-10-15)18(24)14-26-20-21-17-8-6-5-7-16(17)19(25)23(20)12-4-2/h5-8,15H,3-4,9-14H2,1-2H3. The first kappa shape index (κ1) is 19.0. The minimum Gasteiger partial charge on any atom is -0.342 e. The average molecular weight is 374 g/mol. The summed E-state index contributed by atoms with van der Waals surface area (Å²) in [7, 11) is 0. The summed E-state index contributed by atoms with van der Waals surface area (Å²) < 4.78 is 1.71. The van der Waals surface area contributed by atoms with Crippen LogP contribution in [0.4, 0.5) is 0 Å². The van der Waals surface area contributed by atoms with Crippen molar-refractivity contribution < 1.29 is 4.79 Å². The number of fused-ring (bicyclic) bond motifs is 1. The molecule has 6 heteroatoms. The molecule has 0 radical (unpaired) electrons. The minimum atomic E-state index is -0.0178. The smallest absolute Gasteiger partial charge is 0.262 e. The summed E-state index contributed by atoms with van der Waals surface area (Å²) in [6.45, 7) is 6.45. The molecule has 1 aliphatic rings. The molecule has 1 aromatic heterocycles. The van der Waals surface area contributed by atoms with E-state index in [1.165, 1.54) is 24.6 Å². The Balaban J connectivity index is 1.79. The fourth-order valence-electron chi connectivity index (χ4n) is 3.10. The summed E-state index contributed by atoms with van der Waals surface area (Å²) in [5.74, 6) is 1.17. The number of hydrogen-bond donors (Lipinski definition) is 0. The highest BCUT2D eigenvalue weighted by Crippen LogP contribution is 2.30. The number of carbonyl (C=O) groups excluding carboxylic acids is 1. The van der Waals surface area contributed by atoms with Crippen LogP contribution in [0.3, 0.4) is 0 Å². The summed E-state index contributed by atoms with van der Waals surface area (Å²) in [4.78, 5) is 32.1. The number of nitrogens with zero attached hydrogens (tertiary/aromatic N) is 3. The van der Waals surface area contributed by atoms with E-state index in [-0.39, 0.29) is 11.5 Å². The van der Waals surface area contributed by atoms with Crippen LogP contribution in [0.2, 0.25) is 0 Å². The topological polar surface area (TPSA) is 55.2 Å². The zero-order valence-electron chi connectivity index (χ0n) is 15.6. The molecule has 0 N–H and O–H groups in total. The summed E-state index contributed by atoms with van der Waals surface area (Å²) >= 11 is 1.39. The second-order valence-electron chi connectivity index (χ2n) is 6.94. The molecule has 5 nitrogen and oxygen atoms in total. The fourth-order valence-corrected chi connectivity index (χ4v) is 4.02. The van der Waals surface area contributed by atoms with Crippen LogP contribution >= 0.6 is 11.8 Å². The van der Waals surface area contributed by atoms with Crippen LogP contribution in [-0.2, 0) is 11.3 Å². The maximum Gasteiger partial charge on any atom is 0.262 e. The van der Waals surface area contributed by atoms with E-state index in [1.807, 2.05) is 36.1 Å². The molecule has 140 valence electrons. The van der Waals surface area contributed by atoms with Crippen molar-refractivity contribution >= 4 is 28.6 Å². The van der Waals surface area contributed by atoms with Gasteiger partial charge in [-0.3, -0.25) is 14.2 Å². The highest BCUT2D eigenvalue weighted by Gasteiger charge is 2.26. The van der Waals surface area contributed by atoms with Gasteiger partial charge in [-0.2, -0.15) is 0 Å². The van der Waals surface area contributed by atoms with Crippen molar-refractivity contribution in [3.05, 3.63) is 34.6 Å². The molecule has 0 saturated heterocycles. The van der Waals surface area contributed by atoms with Crippen molar-refractivity contribution in [1.29, 1.82) is 0 Å². The maximum atomic E-state index is 12.8. The lowest BCUT2D eigenvalue weighted by molar-refractivity contribution is -0.128. The van der Waals surface area contributed by atoms with Crippen molar-refractivity contribution in [2.24, 2.45) is 5.92 Å². The van der Waals surface area contributed by atoms with Crippen molar-refractivity contribution in [2.75, 3.05) is 18.8 Å². The van der Waals surface area contributed by atoms with E-state index in [2.05, 4.69) is 11.9 Å². The molecule has 1 heterocycles. The lowest BCUT2D eigenvalue weighted by Gasteiger charge is -2.22. The molecule has 1 aliphatic carbocycles. The molecule has 2 aromatic rings. The molecule has 0 atom stereocenters. The number of para-hydroxylation sites is 1. The van der Waals surface area contributed by atoms with E-state index in [4.69, 9.17) is 0 Å². The van der Waals surface area contributed by atoms with Crippen molar-refractivity contribution in [2.45, 2.75) is 51.2 Å². The molecule has 0 aliphatic heterocycles. The van der Waals surface area contributed by atoms with Gasteiger partial charge in [0, 0.05) is 19.6 Å². The third kappa shape index (κ3) is 4.47. The molecule has 0 spiro atoms. The molecule has 1 aromatic carbocycles. The Hall–Kier alpha value is -1.82. The van der Waals surface area contributed by atoms with Gasteiger partial charge in [-0.25, -0.2) is 4.98 Å². The van der Waals surface area contributed by atoms with E-state index in [0.717, 1.165) is 25.9 Å². The molecule has 3 rings (SSSR count). The molecule has 1 fully saturated rings. The normalized spacial score (nSPS) is 13.9. The third-order valence-electron chi connectivity index (χ3n) is 4.62. The Morgan fingerprint density at radius 2 is 2.04 bits per heavy atom. The van der Waals surface area contributed by atoms with Crippen LogP contribution in [0, 0.1) is 5.92 Å². The first-order valence-corrected chi connectivity index (χ1v) is 10.5. The van der Waals surface area contributed by atoms with Crippen LogP contribution in [0.25, 0.3) is 10.9 Å². The number of carbonyl (C=O) groups is 1. The van der Waals surface area contributed by atoms with Crippen LogP contribution < -0.4 is 5.56 Å².